The Morgan fingerprint density at radius 3 is 2.83 bits per heavy atom. The van der Waals surface area contributed by atoms with E-state index in [0.717, 1.165) is 5.56 Å². The topological polar surface area (TPSA) is 79.6 Å². The van der Waals surface area contributed by atoms with Gasteiger partial charge in [0.25, 0.3) is 0 Å². The minimum absolute atomic E-state index is 0.103. The van der Waals surface area contributed by atoms with Crippen LogP contribution in [-0.4, -0.2) is 36.8 Å². The number of benzene rings is 1. The largest absolute Gasteiger partial charge is 0.445 e. The highest BCUT2D eigenvalue weighted by Crippen LogP contribution is 2.07. The summed E-state index contributed by atoms with van der Waals surface area (Å²) >= 11 is 0. The third kappa shape index (κ3) is 2.98. The smallest absolute Gasteiger partial charge is 0.410 e. The molecule has 4 N–H and O–H groups in total. The Kier molecular flexibility index (Phi) is 4.14. The van der Waals surface area contributed by atoms with Gasteiger partial charge in [0, 0.05) is 13.6 Å². The van der Waals surface area contributed by atoms with Crippen molar-refractivity contribution in [2.45, 2.75) is 18.8 Å². The summed E-state index contributed by atoms with van der Waals surface area (Å²) in [6, 6.07) is 9.47. The molecule has 1 aliphatic rings. The molecule has 0 aromatic heterocycles. The molecule has 1 aromatic rings. The fourth-order valence-corrected chi connectivity index (χ4v) is 1.84. The molecule has 0 spiro atoms. The third-order valence-electron chi connectivity index (χ3n) is 2.99. The van der Waals surface area contributed by atoms with Crippen molar-refractivity contribution in [1.29, 1.82) is 0 Å². The first kappa shape index (κ1) is 12.8. The van der Waals surface area contributed by atoms with Gasteiger partial charge in [-0.3, -0.25) is 5.43 Å². The molecule has 1 amide bonds. The molecule has 1 aromatic carbocycles. The number of nitrogens with zero attached hydrogens (tertiary/aromatic N) is 1. The molecule has 0 aliphatic carbocycles. The number of ether oxygens (including phenoxy) is 1. The second-order valence-electron chi connectivity index (χ2n) is 4.27. The van der Waals surface area contributed by atoms with Gasteiger partial charge in [-0.05, 0) is 5.56 Å². The molecule has 1 heterocycles. The molecule has 6 heteroatoms. The van der Waals surface area contributed by atoms with Crippen molar-refractivity contribution in [3.8, 4) is 0 Å². The number of rotatable bonds is 3. The molecule has 0 bridgehead atoms. The van der Waals surface area contributed by atoms with E-state index in [1.54, 1.807) is 7.05 Å². The minimum Gasteiger partial charge on any atom is -0.445 e. The fraction of sp³-hybridized carbons (Fsp3) is 0.417. The molecule has 6 nitrogen and oxygen atoms in total. The number of hydrazine groups is 1. The van der Waals surface area contributed by atoms with E-state index >= 15 is 0 Å². The van der Waals surface area contributed by atoms with Crippen LogP contribution in [0, 0.1) is 0 Å². The van der Waals surface area contributed by atoms with Gasteiger partial charge in [0.15, 0.2) is 0 Å². The molecular formula is C12H18N4O2. The van der Waals surface area contributed by atoms with E-state index in [1.165, 1.54) is 4.90 Å². The Morgan fingerprint density at radius 1 is 1.50 bits per heavy atom. The number of amides is 1. The molecule has 0 saturated carbocycles. The van der Waals surface area contributed by atoms with Gasteiger partial charge in [0.1, 0.15) is 6.61 Å². The standard InChI is InChI=1S/C12H18N4O2/c1-16(10-7-14-15-11(10)13)12(17)18-8-9-5-3-2-4-6-9/h2-6,10-11,14-15H,7-8,13H2,1H3. The number of nitrogens with two attached hydrogens (primary N) is 1. The van der Waals surface area contributed by atoms with Gasteiger partial charge in [-0.15, -0.1) is 0 Å². The van der Waals surface area contributed by atoms with Crippen molar-refractivity contribution in [1.82, 2.24) is 15.8 Å². The number of carbonyl (C=O) groups is 1. The molecule has 1 fully saturated rings. The van der Waals surface area contributed by atoms with Gasteiger partial charge in [0.05, 0.1) is 12.2 Å². The maximum atomic E-state index is 11.8. The van der Waals surface area contributed by atoms with Gasteiger partial charge < -0.3 is 15.4 Å². The zero-order valence-corrected chi connectivity index (χ0v) is 10.3. The van der Waals surface area contributed by atoms with Crippen molar-refractivity contribution >= 4 is 6.09 Å². The molecule has 18 heavy (non-hydrogen) atoms. The van der Waals surface area contributed by atoms with E-state index in [4.69, 9.17) is 10.5 Å². The quantitative estimate of drug-likeness (QED) is 0.704. The van der Waals surface area contributed by atoms with Gasteiger partial charge in [-0.2, -0.15) is 0 Å². The van der Waals surface area contributed by atoms with Crippen LogP contribution in [-0.2, 0) is 11.3 Å². The number of hydrogen-bond acceptors (Lipinski definition) is 5. The predicted octanol–water partition coefficient (Wildman–Crippen LogP) is 0.0162. The Labute approximate surface area is 106 Å². The van der Waals surface area contributed by atoms with Crippen molar-refractivity contribution in [2.75, 3.05) is 13.6 Å². The minimum atomic E-state index is -0.371. The summed E-state index contributed by atoms with van der Waals surface area (Å²) in [6.07, 6.45) is -0.649. The van der Waals surface area contributed by atoms with E-state index in [-0.39, 0.29) is 24.9 Å². The molecule has 2 rings (SSSR count). The van der Waals surface area contributed by atoms with Gasteiger partial charge in [-0.25, -0.2) is 10.2 Å². The van der Waals surface area contributed by atoms with Crippen LogP contribution < -0.4 is 16.6 Å². The second kappa shape index (κ2) is 5.81. The van der Waals surface area contributed by atoms with E-state index in [9.17, 15) is 4.79 Å². The highest BCUT2D eigenvalue weighted by atomic mass is 16.6. The van der Waals surface area contributed by atoms with Gasteiger partial charge >= 0.3 is 6.09 Å². The predicted molar refractivity (Wildman–Crippen MR) is 67.3 cm³/mol. The molecule has 1 saturated heterocycles. The molecule has 2 unspecified atom stereocenters. The maximum absolute atomic E-state index is 11.8. The number of likely N-dealkylation sites (N-methyl/N-ethyl adjacent to an activating group) is 1. The Bertz CT molecular complexity index is 398. The van der Waals surface area contributed by atoms with Gasteiger partial charge in [0.2, 0.25) is 0 Å². The Hall–Kier alpha value is -1.63. The van der Waals surface area contributed by atoms with Crippen LogP contribution in [0.1, 0.15) is 5.56 Å². The first-order chi connectivity index (χ1) is 8.68. The van der Waals surface area contributed by atoms with Crippen LogP contribution >= 0.6 is 0 Å². The second-order valence-corrected chi connectivity index (χ2v) is 4.27. The lowest BCUT2D eigenvalue weighted by molar-refractivity contribution is 0.0905. The van der Waals surface area contributed by atoms with Gasteiger partial charge in [-0.1, -0.05) is 30.3 Å². The summed E-state index contributed by atoms with van der Waals surface area (Å²) in [7, 11) is 1.69. The summed E-state index contributed by atoms with van der Waals surface area (Å²) in [5.41, 5.74) is 12.5. The molecule has 98 valence electrons. The fourth-order valence-electron chi connectivity index (χ4n) is 1.84. The van der Waals surface area contributed by atoms with Crippen LogP contribution in [0.15, 0.2) is 30.3 Å². The summed E-state index contributed by atoms with van der Waals surface area (Å²) in [5.74, 6) is 0. The maximum Gasteiger partial charge on any atom is 0.410 e. The van der Waals surface area contributed by atoms with Crippen LogP contribution in [0.25, 0.3) is 0 Å². The van der Waals surface area contributed by atoms with E-state index in [0.29, 0.717) is 6.54 Å². The molecule has 0 radical (unpaired) electrons. The average Bonchev–Trinajstić information content (AvgIpc) is 2.82. The molecule has 2 atom stereocenters. The highest BCUT2D eigenvalue weighted by Gasteiger charge is 2.30. The summed E-state index contributed by atoms with van der Waals surface area (Å²) < 4.78 is 5.23. The van der Waals surface area contributed by atoms with E-state index < -0.39 is 0 Å². The lowest BCUT2D eigenvalue weighted by atomic mass is 10.2. The van der Waals surface area contributed by atoms with Crippen LogP contribution in [0.5, 0.6) is 0 Å². The van der Waals surface area contributed by atoms with Crippen molar-refractivity contribution in [2.24, 2.45) is 5.73 Å². The molecule has 1 aliphatic heterocycles. The third-order valence-corrected chi connectivity index (χ3v) is 2.99. The Morgan fingerprint density at radius 2 is 2.22 bits per heavy atom. The normalized spacial score (nSPS) is 22.8. The molecular weight excluding hydrogens is 232 g/mol. The number of carbonyl (C=O) groups excluding carboxylic acids is 1. The first-order valence-electron chi connectivity index (χ1n) is 5.86. The lowest BCUT2D eigenvalue weighted by Crippen LogP contribution is -2.50. The number of nitrogens with one attached hydrogen (secondary N) is 2. The summed E-state index contributed by atoms with van der Waals surface area (Å²) in [6.45, 7) is 0.880. The Balaban J connectivity index is 1.84. The van der Waals surface area contributed by atoms with E-state index in [1.807, 2.05) is 30.3 Å². The number of hydrogen-bond donors (Lipinski definition) is 3. The summed E-state index contributed by atoms with van der Waals surface area (Å²) in [4.78, 5) is 13.4. The van der Waals surface area contributed by atoms with Crippen molar-refractivity contribution in [3.63, 3.8) is 0 Å². The van der Waals surface area contributed by atoms with E-state index in [2.05, 4.69) is 10.9 Å². The van der Waals surface area contributed by atoms with Crippen molar-refractivity contribution < 1.29 is 9.53 Å². The lowest BCUT2D eigenvalue weighted by Gasteiger charge is -2.25. The van der Waals surface area contributed by atoms with Crippen LogP contribution in [0.3, 0.4) is 0 Å². The SMILES string of the molecule is CN(C(=O)OCc1ccccc1)C1CNNC1N. The van der Waals surface area contributed by atoms with Crippen molar-refractivity contribution in [3.05, 3.63) is 35.9 Å². The first-order valence-corrected chi connectivity index (χ1v) is 5.86. The highest BCUT2D eigenvalue weighted by molar-refractivity contribution is 5.67. The monoisotopic (exact) mass is 250 g/mol. The van der Waals surface area contributed by atoms with Crippen LogP contribution in [0.2, 0.25) is 0 Å². The summed E-state index contributed by atoms with van der Waals surface area (Å²) in [5, 5.41) is 0. The van der Waals surface area contributed by atoms with Crippen LogP contribution in [0.4, 0.5) is 4.79 Å². The zero-order valence-electron chi connectivity index (χ0n) is 10.3. The average molecular weight is 250 g/mol. The zero-order chi connectivity index (χ0) is 13.0.